The van der Waals surface area contributed by atoms with E-state index >= 15 is 0 Å². The molecule has 3 amide bonds. The van der Waals surface area contributed by atoms with Crippen molar-refractivity contribution in [2.24, 2.45) is 0 Å². The normalized spacial score (nSPS) is 19.3. The van der Waals surface area contributed by atoms with Gasteiger partial charge in [0.1, 0.15) is 11.9 Å². The third-order valence-electron chi connectivity index (χ3n) is 6.55. The number of carbonyl (C=O) groups is 2. The Labute approximate surface area is 199 Å². The molecule has 7 nitrogen and oxygen atoms in total. The second-order valence-electron chi connectivity index (χ2n) is 8.60. The summed E-state index contributed by atoms with van der Waals surface area (Å²) >= 11 is 3.38. The number of likely N-dealkylation sites (tertiary alicyclic amines) is 2. The highest BCUT2D eigenvalue weighted by Crippen LogP contribution is 2.33. The molecule has 0 spiro atoms. The molecule has 0 radical (unpaired) electrons. The summed E-state index contributed by atoms with van der Waals surface area (Å²) < 4.78 is 19.7. The van der Waals surface area contributed by atoms with Gasteiger partial charge in [-0.2, -0.15) is 0 Å². The predicted molar refractivity (Wildman–Crippen MR) is 125 cm³/mol. The van der Waals surface area contributed by atoms with Crippen molar-refractivity contribution in [3.63, 3.8) is 0 Å². The highest BCUT2D eigenvalue weighted by molar-refractivity contribution is 9.10. The number of carbonyl (C=O) groups excluding carboxylic acids is 2. The number of benzene rings is 2. The first-order valence-corrected chi connectivity index (χ1v) is 12.0. The summed E-state index contributed by atoms with van der Waals surface area (Å²) in [7, 11) is 0. The zero-order chi connectivity index (χ0) is 22.9. The average Bonchev–Trinajstić information content (AvgIpc) is 3.47. The largest absolute Gasteiger partial charge is 0.356 e. The van der Waals surface area contributed by atoms with Crippen LogP contribution in [0.3, 0.4) is 0 Å². The molecule has 0 bridgehead atoms. The van der Waals surface area contributed by atoms with Gasteiger partial charge in [-0.3, -0.25) is 4.79 Å². The fourth-order valence-electron chi connectivity index (χ4n) is 4.80. The van der Waals surface area contributed by atoms with Gasteiger partial charge in [0.15, 0.2) is 5.58 Å². The molecule has 2 saturated heterocycles. The lowest BCUT2D eigenvalue weighted by Gasteiger charge is -2.35. The predicted octanol–water partition coefficient (Wildman–Crippen LogP) is 5.13. The topological polar surface area (TPSA) is 78.7 Å². The van der Waals surface area contributed by atoms with E-state index in [4.69, 9.17) is 4.52 Å². The first kappa shape index (κ1) is 21.9. The minimum atomic E-state index is -0.437. The molecule has 1 atom stereocenters. The summed E-state index contributed by atoms with van der Waals surface area (Å²) in [6.45, 7) is 1.76. The van der Waals surface area contributed by atoms with Gasteiger partial charge in [0.05, 0.1) is 5.69 Å². The second-order valence-corrected chi connectivity index (χ2v) is 9.51. The first-order valence-electron chi connectivity index (χ1n) is 11.2. The summed E-state index contributed by atoms with van der Waals surface area (Å²) in [5.74, 6) is -0.193. The molecule has 1 aromatic heterocycles. The van der Waals surface area contributed by atoms with Crippen molar-refractivity contribution < 1.29 is 18.5 Å². The van der Waals surface area contributed by atoms with Crippen LogP contribution in [0.5, 0.6) is 0 Å². The molecule has 5 rings (SSSR count). The van der Waals surface area contributed by atoms with Crippen LogP contribution in [0.2, 0.25) is 0 Å². The summed E-state index contributed by atoms with van der Waals surface area (Å²) in [4.78, 5) is 29.6. The van der Waals surface area contributed by atoms with E-state index in [0.29, 0.717) is 37.3 Å². The Balaban J connectivity index is 1.21. The van der Waals surface area contributed by atoms with Gasteiger partial charge >= 0.3 is 6.03 Å². The van der Waals surface area contributed by atoms with Crippen LogP contribution in [0.4, 0.5) is 14.9 Å². The summed E-state index contributed by atoms with van der Waals surface area (Å²) in [6, 6.07) is 11.1. The number of amides is 3. The van der Waals surface area contributed by atoms with Crippen molar-refractivity contribution in [3.05, 3.63) is 58.4 Å². The third kappa shape index (κ3) is 4.46. The van der Waals surface area contributed by atoms with E-state index < -0.39 is 6.04 Å². The average molecular weight is 515 g/mol. The Morgan fingerprint density at radius 3 is 2.58 bits per heavy atom. The Morgan fingerprint density at radius 2 is 1.82 bits per heavy atom. The van der Waals surface area contributed by atoms with Gasteiger partial charge < -0.3 is 19.6 Å². The van der Waals surface area contributed by atoms with E-state index in [1.165, 1.54) is 12.1 Å². The SMILES string of the molecule is O=C(C1CCCN1C(=O)Nc1ccc(Br)cc1)N1CCC(c2noc3cc(F)ccc23)CC1. The quantitative estimate of drug-likeness (QED) is 0.525. The molecular formula is C24H24BrFN4O3. The Kier molecular flexibility index (Phi) is 6.05. The minimum absolute atomic E-state index is 0.00369. The highest BCUT2D eigenvalue weighted by atomic mass is 79.9. The maximum atomic E-state index is 13.4. The van der Waals surface area contributed by atoms with Crippen LogP contribution in [0.25, 0.3) is 11.0 Å². The molecule has 3 aromatic rings. The second kappa shape index (κ2) is 9.13. The van der Waals surface area contributed by atoms with Gasteiger partial charge in [-0.05, 0) is 62.1 Å². The number of aromatic nitrogens is 1. The van der Waals surface area contributed by atoms with E-state index in [-0.39, 0.29) is 23.7 Å². The van der Waals surface area contributed by atoms with Gasteiger partial charge in [-0.25, -0.2) is 9.18 Å². The molecule has 2 aromatic carbocycles. The number of rotatable bonds is 3. The van der Waals surface area contributed by atoms with E-state index in [1.807, 2.05) is 29.2 Å². The Hall–Kier alpha value is -2.94. The van der Waals surface area contributed by atoms with Crippen LogP contribution in [0, 0.1) is 5.82 Å². The Morgan fingerprint density at radius 1 is 1.06 bits per heavy atom. The number of hydrogen-bond donors (Lipinski definition) is 1. The maximum Gasteiger partial charge on any atom is 0.322 e. The zero-order valence-electron chi connectivity index (χ0n) is 18.0. The van der Waals surface area contributed by atoms with Gasteiger partial charge in [-0.15, -0.1) is 0 Å². The Bertz CT molecular complexity index is 1170. The van der Waals surface area contributed by atoms with Crippen LogP contribution in [0.1, 0.15) is 37.3 Å². The van der Waals surface area contributed by atoms with Crippen molar-refractivity contribution in [2.75, 3.05) is 25.0 Å². The van der Waals surface area contributed by atoms with Crippen LogP contribution in [0.15, 0.2) is 51.5 Å². The summed E-state index contributed by atoms with van der Waals surface area (Å²) in [5, 5.41) is 7.90. The molecule has 1 unspecified atom stereocenters. The molecule has 2 fully saturated rings. The maximum absolute atomic E-state index is 13.4. The van der Waals surface area contributed by atoms with Crippen molar-refractivity contribution in [2.45, 2.75) is 37.6 Å². The fraction of sp³-hybridized carbons (Fsp3) is 0.375. The fourth-order valence-corrected chi connectivity index (χ4v) is 5.07. The van der Waals surface area contributed by atoms with Crippen LogP contribution in [-0.4, -0.2) is 52.6 Å². The number of fused-ring (bicyclic) bond motifs is 1. The molecule has 172 valence electrons. The van der Waals surface area contributed by atoms with Crippen molar-refractivity contribution >= 4 is 44.5 Å². The third-order valence-corrected chi connectivity index (χ3v) is 7.08. The molecule has 9 heteroatoms. The van der Waals surface area contributed by atoms with Crippen LogP contribution >= 0.6 is 15.9 Å². The molecular weight excluding hydrogens is 491 g/mol. The molecule has 33 heavy (non-hydrogen) atoms. The van der Waals surface area contributed by atoms with E-state index in [1.54, 1.807) is 11.0 Å². The summed E-state index contributed by atoms with van der Waals surface area (Å²) in [5.41, 5.74) is 1.97. The molecule has 3 heterocycles. The first-order chi connectivity index (χ1) is 16.0. The van der Waals surface area contributed by atoms with Gasteiger partial charge in [0, 0.05) is 47.2 Å². The van der Waals surface area contributed by atoms with Crippen molar-refractivity contribution in [3.8, 4) is 0 Å². The zero-order valence-corrected chi connectivity index (χ0v) is 19.6. The molecule has 0 aliphatic carbocycles. The van der Waals surface area contributed by atoms with E-state index in [9.17, 15) is 14.0 Å². The van der Waals surface area contributed by atoms with Gasteiger partial charge in [0.2, 0.25) is 5.91 Å². The summed E-state index contributed by atoms with van der Waals surface area (Å²) in [6.07, 6.45) is 2.99. The van der Waals surface area contributed by atoms with Gasteiger partial charge in [-0.1, -0.05) is 21.1 Å². The number of halogens is 2. The standard InChI is InChI=1S/C24H24BrFN4O3/c25-16-3-6-18(7-4-16)27-24(32)30-11-1-2-20(30)23(31)29-12-9-15(10-13-29)22-19-8-5-17(26)14-21(19)33-28-22/h3-8,14-15,20H,1-2,9-13H2,(H,27,32). The number of nitrogens with zero attached hydrogens (tertiary/aromatic N) is 3. The number of piperidine rings is 1. The number of nitrogens with one attached hydrogen (secondary N) is 1. The van der Waals surface area contributed by atoms with Crippen molar-refractivity contribution in [1.82, 2.24) is 15.0 Å². The number of urea groups is 1. The lowest BCUT2D eigenvalue weighted by atomic mass is 9.91. The molecule has 2 aliphatic heterocycles. The van der Waals surface area contributed by atoms with Crippen molar-refractivity contribution in [1.29, 1.82) is 0 Å². The molecule has 0 saturated carbocycles. The number of anilines is 1. The lowest BCUT2D eigenvalue weighted by Crippen LogP contribution is -2.50. The lowest BCUT2D eigenvalue weighted by molar-refractivity contribution is -0.136. The smallest absolute Gasteiger partial charge is 0.322 e. The molecule has 1 N–H and O–H groups in total. The highest BCUT2D eigenvalue weighted by Gasteiger charge is 2.38. The van der Waals surface area contributed by atoms with Crippen LogP contribution in [-0.2, 0) is 4.79 Å². The molecule has 2 aliphatic rings. The minimum Gasteiger partial charge on any atom is -0.356 e. The monoisotopic (exact) mass is 514 g/mol. The van der Waals surface area contributed by atoms with E-state index in [2.05, 4.69) is 26.4 Å². The number of hydrogen-bond acceptors (Lipinski definition) is 4. The van der Waals surface area contributed by atoms with Gasteiger partial charge in [0.25, 0.3) is 0 Å². The van der Waals surface area contributed by atoms with Crippen LogP contribution < -0.4 is 5.32 Å². The van der Waals surface area contributed by atoms with E-state index in [0.717, 1.165) is 34.8 Å².